The Kier molecular flexibility index (Phi) is 12.2. The number of para-hydroxylation sites is 1. The highest BCUT2D eigenvalue weighted by molar-refractivity contribution is 6.11. The quantitative estimate of drug-likeness (QED) is 0.101. The van der Waals surface area contributed by atoms with Crippen LogP contribution in [0, 0.1) is 6.33 Å². The van der Waals surface area contributed by atoms with Crippen LogP contribution in [0.1, 0.15) is 129 Å². The normalized spacial score (nSPS) is 12.7. The molecule has 0 aliphatic rings. The van der Waals surface area contributed by atoms with Crippen molar-refractivity contribution in [1.82, 2.24) is 14.1 Å². The van der Waals surface area contributed by atoms with E-state index >= 15 is 0 Å². The van der Waals surface area contributed by atoms with Gasteiger partial charge in [-0.15, -0.1) is 0 Å². The third-order valence-electron chi connectivity index (χ3n) is 15.1. The number of rotatable bonds is 10. The minimum atomic E-state index is -0.410. The van der Waals surface area contributed by atoms with Crippen LogP contribution in [-0.2, 0) is 27.1 Å². The summed E-state index contributed by atoms with van der Waals surface area (Å²) in [6.07, 6.45) is 8.05. The molecule has 0 saturated carbocycles. The lowest BCUT2D eigenvalue weighted by molar-refractivity contribution is -0.599. The molecule has 0 amide bonds. The molecule has 0 atom stereocenters. The molecule has 10 rings (SSSR count). The van der Waals surface area contributed by atoms with E-state index in [9.17, 15) is 0 Å². The van der Waals surface area contributed by atoms with Gasteiger partial charge in [0.05, 0.1) is 28.1 Å². The molecule has 0 radical (unpaired) electrons. The maximum absolute atomic E-state index is 7.43. The second-order valence-electron chi connectivity index (χ2n) is 24.1. The highest BCUT2D eigenvalue weighted by atomic mass is 16.5. The highest BCUT2D eigenvalue weighted by Crippen LogP contribution is 2.46. The van der Waals surface area contributed by atoms with Crippen molar-refractivity contribution >= 4 is 21.8 Å². The molecule has 0 aliphatic carbocycles. The van der Waals surface area contributed by atoms with E-state index < -0.39 is 10.8 Å². The third-order valence-corrected chi connectivity index (χ3v) is 15.1. The summed E-state index contributed by atoms with van der Waals surface area (Å²) < 4.78 is 14.2. The first-order valence-electron chi connectivity index (χ1n) is 25.9. The summed E-state index contributed by atoms with van der Waals surface area (Å²) in [6.45, 7) is 29.8. The van der Waals surface area contributed by atoms with Crippen molar-refractivity contribution in [1.29, 1.82) is 0 Å². The molecule has 5 nitrogen and oxygen atoms in total. The Balaban J connectivity index is 1.23. The minimum Gasteiger partial charge on any atom is -0.458 e. The highest BCUT2D eigenvalue weighted by Gasteiger charge is 2.31. The second kappa shape index (κ2) is 18.2. The van der Waals surface area contributed by atoms with Gasteiger partial charge in [0.2, 0.25) is 0 Å². The fraction of sp³-hybridized carbons (Fsp3) is 0.265. The van der Waals surface area contributed by atoms with E-state index in [4.69, 9.17) is 9.72 Å². The lowest BCUT2D eigenvalue weighted by Gasteiger charge is -2.29. The van der Waals surface area contributed by atoms with Gasteiger partial charge in [-0.05, 0) is 115 Å². The summed E-state index contributed by atoms with van der Waals surface area (Å²) in [5.41, 5.74) is 13.8. The van der Waals surface area contributed by atoms with E-state index in [0.717, 1.165) is 56.5 Å². The van der Waals surface area contributed by atoms with Crippen molar-refractivity contribution in [2.75, 3.05) is 0 Å². The van der Waals surface area contributed by atoms with Crippen LogP contribution in [0.2, 0.25) is 0 Å². The zero-order valence-electron chi connectivity index (χ0n) is 45.1. The first-order valence-corrected chi connectivity index (χ1v) is 25.9. The van der Waals surface area contributed by atoms with Crippen LogP contribution in [0.3, 0.4) is 0 Å². The van der Waals surface area contributed by atoms with Crippen LogP contribution in [0.4, 0.5) is 0 Å². The van der Waals surface area contributed by atoms with Crippen LogP contribution in [-0.4, -0.2) is 14.1 Å². The molecule has 0 bridgehead atoms. The lowest BCUT2D eigenvalue weighted by atomic mass is 9.76. The van der Waals surface area contributed by atoms with E-state index in [0.29, 0.717) is 0 Å². The fourth-order valence-electron chi connectivity index (χ4n) is 10.3. The second-order valence-corrected chi connectivity index (χ2v) is 24.1. The lowest BCUT2D eigenvalue weighted by Crippen LogP contribution is -2.30. The average Bonchev–Trinajstić information content (AvgIpc) is 3.97. The first kappa shape index (κ1) is 49.1. The Bertz CT molecular complexity index is 3600. The average molecular weight is 959 g/mol. The largest absolute Gasteiger partial charge is 0.458 e. The molecule has 368 valence electrons. The maximum atomic E-state index is 7.43. The SMILES string of the molecule is CC(C)(C)c1cc(-[n+]2[c-]n(-c3cc(Oc4cc(C(C)(C)c5ccccc5)c5c6ccccc6n(-c6cc(C(C)(C)C)ccn6)c5c4)cc(C(C)(C)c4ccccc4)c3)c(-c3ccccc3)c2)cc(C(C)(C)C)c1. The van der Waals surface area contributed by atoms with E-state index in [2.05, 4.69) is 292 Å². The molecule has 7 aromatic carbocycles. The molecular formula is C68H70N4O. The summed E-state index contributed by atoms with van der Waals surface area (Å²) >= 11 is 0. The molecule has 0 spiro atoms. The zero-order valence-corrected chi connectivity index (χ0v) is 45.1. The summed E-state index contributed by atoms with van der Waals surface area (Å²) in [4.78, 5) is 5.08. The molecule has 0 fully saturated rings. The Morgan fingerprint density at radius 2 is 1.03 bits per heavy atom. The van der Waals surface area contributed by atoms with E-state index in [1.54, 1.807) is 0 Å². The van der Waals surface area contributed by atoms with Crippen molar-refractivity contribution in [3.05, 3.63) is 234 Å². The van der Waals surface area contributed by atoms with Gasteiger partial charge in [0, 0.05) is 40.1 Å². The van der Waals surface area contributed by atoms with Crippen LogP contribution in [0.25, 0.3) is 50.3 Å². The van der Waals surface area contributed by atoms with Crippen LogP contribution < -0.4 is 9.30 Å². The number of fused-ring (bicyclic) bond motifs is 3. The molecule has 0 saturated heterocycles. The number of nitrogens with zero attached hydrogens (tertiary/aromatic N) is 4. The number of pyridine rings is 1. The summed E-state index contributed by atoms with van der Waals surface area (Å²) in [5, 5.41) is 2.36. The topological polar surface area (TPSA) is 35.9 Å². The summed E-state index contributed by atoms with van der Waals surface area (Å²) in [7, 11) is 0. The van der Waals surface area contributed by atoms with E-state index in [1.165, 1.54) is 44.2 Å². The number of hydrogen-bond acceptors (Lipinski definition) is 2. The Hall–Kier alpha value is -7.50. The molecular weight excluding hydrogens is 889 g/mol. The third kappa shape index (κ3) is 9.43. The number of hydrogen-bond donors (Lipinski definition) is 0. The molecule has 10 aromatic rings. The smallest absolute Gasteiger partial charge is 0.269 e. The number of aromatic nitrogens is 4. The van der Waals surface area contributed by atoms with Gasteiger partial charge in [-0.2, -0.15) is 0 Å². The fourth-order valence-corrected chi connectivity index (χ4v) is 10.3. The predicted molar refractivity (Wildman–Crippen MR) is 303 cm³/mol. The summed E-state index contributed by atoms with van der Waals surface area (Å²) in [5.74, 6) is 2.35. The van der Waals surface area contributed by atoms with Crippen molar-refractivity contribution in [3.8, 4) is 39.9 Å². The number of ether oxygens (including phenoxy) is 1. The zero-order chi connectivity index (χ0) is 51.7. The molecule has 0 unspecified atom stereocenters. The van der Waals surface area contributed by atoms with E-state index in [-0.39, 0.29) is 16.2 Å². The molecule has 5 heteroatoms. The maximum Gasteiger partial charge on any atom is 0.269 e. The van der Waals surface area contributed by atoms with Gasteiger partial charge in [-0.3, -0.25) is 13.7 Å². The Morgan fingerprint density at radius 1 is 0.466 bits per heavy atom. The van der Waals surface area contributed by atoms with Gasteiger partial charge < -0.3 is 4.74 Å². The standard InChI is InChI=1S/C68H70N4O/c1-64(2,3)49-33-34-69-62(40-49)72-59-32-24-23-31-57(59)63-58(68(12,13)48-29-21-16-22-30-48)42-56(43-60(63)72)73-55-39-52(67(10,11)47-27-19-15-20-28-47)38-54(41-55)71-45-70(44-61(71)46-25-17-14-18-26-46)53-36-50(65(4,5)6)35-51(37-53)66(7,8)9/h14-44H,1-13H3. The molecule has 0 N–H and O–H groups in total. The van der Waals surface area contributed by atoms with Gasteiger partial charge in [0.15, 0.2) is 0 Å². The molecule has 3 aromatic heterocycles. The van der Waals surface area contributed by atoms with Crippen molar-refractivity contribution in [2.24, 2.45) is 0 Å². The van der Waals surface area contributed by atoms with Crippen LogP contribution in [0.15, 0.2) is 188 Å². The van der Waals surface area contributed by atoms with Gasteiger partial charge >= 0.3 is 0 Å². The number of imidazole rings is 1. The van der Waals surface area contributed by atoms with Crippen molar-refractivity contribution in [2.45, 2.75) is 117 Å². The molecule has 0 aliphatic heterocycles. The first-order chi connectivity index (χ1) is 34.6. The van der Waals surface area contributed by atoms with Crippen LogP contribution >= 0.6 is 0 Å². The number of benzene rings is 7. The Morgan fingerprint density at radius 3 is 1.64 bits per heavy atom. The van der Waals surface area contributed by atoms with Crippen LogP contribution in [0.5, 0.6) is 11.5 Å². The van der Waals surface area contributed by atoms with Gasteiger partial charge in [0.25, 0.3) is 6.33 Å². The monoisotopic (exact) mass is 959 g/mol. The summed E-state index contributed by atoms with van der Waals surface area (Å²) in [6, 6.07) is 63.7. The molecule has 3 heterocycles. The van der Waals surface area contributed by atoms with Gasteiger partial charge in [-0.1, -0.05) is 205 Å². The Labute approximate surface area is 433 Å². The van der Waals surface area contributed by atoms with Crippen molar-refractivity contribution in [3.63, 3.8) is 0 Å². The minimum absolute atomic E-state index is 0.0501. The predicted octanol–water partition coefficient (Wildman–Crippen LogP) is 17.0. The van der Waals surface area contributed by atoms with Gasteiger partial charge in [-0.25, -0.2) is 4.98 Å². The van der Waals surface area contributed by atoms with Gasteiger partial charge in [0.1, 0.15) is 17.3 Å². The van der Waals surface area contributed by atoms with E-state index in [1.807, 2.05) is 6.20 Å². The molecule has 73 heavy (non-hydrogen) atoms. The van der Waals surface area contributed by atoms with Crippen molar-refractivity contribution < 1.29 is 9.30 Å².